The Morgan fingerprint density at radius 3 is 2.84 bits per heavy atom. The molecule has 2 aromatic heterocycles. The van der Waals surface area contributed by atoms with Crippen molar-refractivity contribution in [2.24, 2.45) is 0 Å². The molecule has 0 radical (unpaired) electrons. The van der Waals surface area contributed by atoms with Gasteiger partial charge in [-0.15, -0.1) is 0 Å². The Morgan fingerprint density at radius 2 is 2.16 bits per heavy atom. The maximum atomic E-state index is 10.8. The number of carboxylic acid groups (broad SMARTS) is 1. The van der Waals surface area contributed by atoms with Crippen LogP contribution in [0.15, 0.2) is 24.4 Å². The third-order valence-corrected chi connectivity index (χ3v) is 3.84. The highest BCUT2D eigenvalue weighted by atomic mass is 32.1. The molecule has 2 heterocycles. The molecule has 0 aliphatic heterocycles. The van der Waals surface area contributed by atoms with Crippen LogP contribution < -0.4 is 0 Å². The van der Waals surface area contributed by atoms with Crippen LogP contribution in [0.1, 0.15) is 21.6 Å². The zero-order valence-electron chi connectivity index (χ0n) is 10.4. The first-order chi connectivity index (χ1) is 9.04. The molecular weight excluding hydrogens is 262 g/mol. The largest absolute Gasteiger partial charge is 0.476 e. The molecule has 0 bridgehead atoms. The quantitative estimate of drug-likeness (QED) is 0.779. The van der Waals surface area contributed by atoms with E-state index in [0.717, 1.165) is 16.1 Å². The fourth-order valence-corrected chi connectivity index (χ4v) is 2.84. The number of carbonyl (C=O) groups is 1. The molecule has 1 N–H and O–H groups in total. The molecule has 0 fully saturated rings. The molecule has 0 atom stereocenters. The predicted octanol–water partition coefficient (Wildman–Crippen LogP) is 2.77. The highest BCUT2D eigenvalue weighted by molar-refractivity contribution is 7.19. The minimum absolute atomic E-state index is 0.0197. The van der Waals surface area contributed by atoms with Gasteiger partial charge in [-0.25, -0.2) is 14.3 Å². The van der Waals surface area contributed by atoms with Gasteiger partial charge in [-0.3, -0.25) is 0 Å². The fourth-order valence-electron chi connectivity index (χ4n) is 1.88. The number of hydrogen-bond acceptors (Lipinski definition) is 4. The van der Waals surface area contributed by atoms with E-state index in [1.807, 2.05) is 13.8 Å². The molecule has 0 aliphatic rings. The van der Waals surface area contributed by atoms with Gasteiger partial charge in [0.25, 0.3) is 0 Å². The summed E-state index contributed by atoms with van der Waals surface area (Å²) in [5.41, 5.74) is 3.39. The van der Waals surface area contributed by atoms with Gasteiger partial charge >= 0.3 is 5.97 Å². The van der Waals surface area contributed by atoms with E-state index in [0.29, 0.717) is 4.96 Å². The van der Waals surface area contributed by atoms with Crippen molar-refractivity contribution < 1.29 is 9.90 Å². The zero-order valence-corrected chi connectivity index (χ0v) is 11.2. The van der Waals surface area contributed by atoms with Gasteiger partial charge in [0.15, 0.2) is 5.69 Å². The van der Waals surface area contributed by atoms with E-state index < -0.39 is 5.97 Å². The average Bonchev–Trinajstić information content (AvgIpc) is 2.89. The number of nitrogens with zero attached hydrogens (tertiary/aromatic N) is 3. The number of benzene rings is 1. The Morgan fingerprint density at radius 1 is 1.37 bits per heavy atom. The van der Waals surface area contributed by atoms with Crippen molar-refractivity contribution in [3.8, 4) is 10.6 Å². The first-order valence-electron chi connectivity index (χ1n) is 5.72. The van der Waals surface area contributed by atoms with Gasteiger partial charge < -0.3 is 5.11 Å². The van der Waals surface area contributed by atoms with Crippen LogP contribution >= 0.6 is 11.3 Å². The van der Waals surface area contributed by atoms with E-state index in [9.17, 15) is 4.79 Å². The van der Waals surface area contributed by atoms with E-state index in [1.165, 1.54) is 27.6 Å². The number of carboxylic acids is 1. The smallest absolute Gasteiger partial charge is 0.356 e. The van der Waals surface area contributed by atoms with Crippen molar-refractivity contribution in [3.63, 3.8) is 0 Å². The zero-order chi connectivity index (χ0) is 13.6. The maximum absolute atomic E-state index is 10.8. The number of imidazole rings is 1. The summed E-state index contributed by atoms with van der Waals surface area (Å²) in [5.74, 6) is -1.04. The lowest BCUT2D eigenvalue weighted by Gasteiger charge is -2.02. The van der Waals surface area contributed by atoms with Crippen LogP contribution in [0.5, 0.6) is 0 Å². The van der Waals surface area contributed by atoms with Crippen LogP contribution in [0.25, 0.3) is 15.5 Å². The van der Waals surface area contributed by atoms with E-state index in [2.05, 4.69) is 28.3 Å². The molecular formula is C13H11N3O2S. The van der Waals surface area contributed by atoms with Crippen LogP contribution in [0.3, 0.4) is 0 Å². The second kappa shape index (κ2) is 4.17. The standard InChI is InChI=1S/C13H11N3O2S/c1-7-3-4-8(2)9(5-7)11-15-16-6-10(12(17)18)14-13(16)19-11/h3-6H,1-2H3,(H,17,18). The van der Waals surface area contributed by atoms with Crippen molar-refractivity contribution in [2.75, 3.05) is 0 Å². The van der Waals surface area contributed by atoms with Gasteiger partial charge in [0, 0.05) is 5.56 Å². The number of rotatable bonds is 2. The molecule has 0 spiro atoms. The van der Waals surface area contributed by atoms with Crippen molar-refractivity contribution in [1.82, 2.24) is 14.6 Å². The summed E-state index contributed by atoms with van der Waals surface area (Å²) in [6.07, 6.45) is 1.43. The molecule has 3 aromatic rings. The summed E-state index contributed by atoms with van der Waals surface area (Å²) in [5, 5.41) is 14.1. The number of aromatic carboxylic acids is 1. The van der Waals surface area contributed by atoms with Gasteiger partial charge in [0.05, 0.1) is 6.20 Å². The third kappa shape index (κ3) is 2.00. The van der Waals surface area contributed by atoms with Crippen LogP contribution in [0, 0.1) is 13.8 Å². The monoisotopic (exact) mass is 273 g/mol. The van der Waals surface area contributed by atoms with Gasteiger partial charge in [-0.2, -0.15) is 5.10 Å². The number of aromatic nitrogens is 3. The molecule has 3 rings (SSSR count). The molecule has 0 amide bonds. The topological polar surface area (TPSA) is 67.5 Å². The molecule has 0 saturated heterocycles. The van der Waals surface area contributed by atoms with Crippen LogP contribution in [0.4, 0.5) is 0 Å². The molecule has 6 heteroatoms. The van der Waals surface area contributed by atoms with Gasteiger partial charge in [0.1, 0.15) is 5.01 Å². The summed E-state index contributed by atoms with van der Waals surface area (Å²) in [6, 6.07) is 6.18. The van der Waals surface area contributed by atoms with Crippen molar-refractivity contribution in [2.45, 2.75) is 13.8 Å². The highest BCUT2D eigenvalue weighted by Gasteiger charge is 2.14. The number of fused-ring (bicyclic) bond motifs is 1. The summed E-state index contributed by atoms with van der Waals surface area (Å²) in [6.45, 7) is 4.06. The van der Waals surface area contributed by atoms with Gasteiger partial charge in [-0.05, 0) is 25.5 Å². The Labute approximate surface area is 113 Å². The minimum atomic E-state index is -1.04. The lowest BCUT2D eigenvalue weighted by atomic mass is 10.1. The second-order valence-corrected chi connectivity index (χ2v) is 5.34. The summed E-state index contributed by atoms with van der Waals surface area (Å²) in [7, 11) is 0. The SMILES string of the molecule is Cc1ccc(C)c(-c2nn3cc(C(=O)O)nc3s2)c1. The lowest BCUT2D eigenvalue weighted by molar-refractivity contribution is 0.0691. The number of aryl methyl sites for hydroxylation is 2. The van der Waals surface area contributed by atoms with E-state index >= 15 is 0 Å². The first kappa shape index (κ1) is 11.9. The van der Waals surface area contributed by atoms with Gasteiger partial charge in [-0.1, -0.05) is 29.0 Å². The van der Waals surface area contributed by atoms with E-state index in [1.54, 1.807) is 0 Å². The molecule has 0 saturated carbocycles. The van der Waals surface area contributed by atoms with Crippen LogP contribution in [-0.2, 0) is 0 Å². The predicted molar refractivity (Wildman–Crippen MR) is 72.7 cm³/mol. The maximum Gasteiger partial charge on any atom is 0.356 e. The minimum Gasteiger partial charge on any atom is -0.476 e. The van der Waals surface area contributed by atoms with Gasteiger partial charge in [0.2, 0.25) is 4.96 Å². The van der Waals surface area contributed by atoms with Crippen molar-refractivity contribution in [3.05, 3.63) is 41.2 Å². The normalized spacial score (nSPS) is 11.1. The van der Waals surface area contributed by atoms with E-state index in [-0.39, 0.29) is 5.69 Å². The van der Waals surface area contributed by atoms with Crippen LogP contribution in [-0.4, -0.2) is 25.7 Å². The lowest BCUT2D eigenvalue weighted by Crippen LogP contribution is -1.95. The number of hydrogen-bond donors (Lipinski definition) is 1. The molecule has 0 aliphatic carbocycles. The average molecular weight is 273 g/mol. The molecule has 0 unspecified atom stereocenters. The summed E-state index contributed by atoms with van der Waals surface area (Å²) in [4.78, 5) is 15.4. The first-order valence-corrected chi connectivity index (χ1v) is 6.53. The van der Waals surface area contributed by atoms with Crippen LogP contribution in [0.2, 0.25) is 0 Å². The molecule has 19 heavy (non-hydrogen) atoms. The highest BCUT2D eigenvalue weighted by Crippen LogP contribution is 2.29. The third-order valence-electron chi connectivity index (χ3n) is 2.89. The molecule has 1 aromatic carbocycles. The van der Waals surface area contributed by atoms with Crippen molar-refractivity contribution >= 4 is 22.3 Å². The van der Waals surface area contributed by atoms with Crippen molar-refractivity contribution in [1.29, 1.82) is 0 Å². The Kier molecular flexibility index (Phi) is 2.60. The fraction of sp³-hybridized carbons (Fsp3) is 0.154. The summed E-state index contributed by atoms with van der Waals surface area (Å²) >= 11 is 1.39. The molecule has 96 valence electrons. The molecule has 5 nitrogen and oxygen atoms in total. The summed E-state index contributed by atoms with van der Waals surface area (Å²) < 4.78 is 1.52. The second-order valence-electron chi connectivity index (χ2n) is 4.38. The Balaban J connectivity index is 2.13. The Bertz CT molecular complexity index is 757. The van der Waals surface area contributed by atoms with E-state index in [4.69, 9.17) is 5.11 Å². The Hall–Kier alpha value is -2.21.